The standard InChI is InChI=1S/C17H26BrNO3S/c1-3-12(2)16(17(20)13-6-4-5-7-13)19-23(21,22)15-10-8-14(18)9-11-15/h8-13,16-17,19-20H,3-7H2,1-2H3. The largest absolute Gasteiger partial charge is 0.391 e. The van der Waals surface area contributed by atoms with Gasteiger partial charge in [0.25, 0.3) is 0 Å². The zero-order valence-corrected chi connectivity index (χ0v) is 16.1. The molecular weight excluding hydrogens is 378 g/mol. The molecule has 3 atom stereocenters. The molecule has 0 radical (unpaired) electrons. The predicted octanol–water partition coefficient (Wildman–Crippen LogP) is 3.69. The number of hydrogen-bond donors (Lipinski definition) is 2. The van der Waals surface area contributed by atoms with Crippen molar-refractivity contribution < 1.29 is 13.5 Å². The molecule has 2 N–H and O–H groups in total. The molecule has 0 saturated heterocycles. The number of nitrogens with one attached hydrogen (secondary N) is 1. The maximum atomic E-state index is 12.7. The van der Waals surface area contributed by atoms with Crippen molar-refractivity contribution in [3.63, 3.8) is 0 Å². The highest BCUT2D eigenvalue weighted by molar-refractivity contribution is 9.10. The molecule has 3 unspecified atom stereocenters. The lowest BCUT2D eigenvalue weighted by atomic mass is 9.87. The van der Waals surface area contributed by atoms with Crippen LogP contribution < -0.4 is 4.72 Å². The molecule has 0 heterocycles. The monoisotopic (exact) mass is 403 g/mol. The number of halogens is 1. The summed E-state index contributed by atoms with van der Waals surface area (Å²) in [5.41, 5.74) is 0. The molecule has 0 spiro atoms. The number of aliphatic hydroxyl groups excluding tert-OH is 1. The van der Waals surface area contributed by atoms with Gasteiger partial charge < -0.3 is 5.11 Å². The van der Waals surface area contributed by atoms with E-state index in [-0.39, 0.29) is 16.7 Å². The second-order valence-electron chi connectivity index (χ2n) is 6.52. The molecule has 1 aromatic carbocycles. The van der Waals surface area contributed by atoms with Crippen LogP contribution >= 0.6 is 15.9 Å². The molecule has 23 heavy (non-hydrogen) atoms. The van der Waals surface area contributed by atoms with Gasteiger partial charge in [-0.2, -0.15) is 0 Å². The van der Waals surface area contributed by atoms with Crippen molar-refractivity contribution in [3.05, 3.63) is 28.7 Å². The van der Waals surface area contributed by atoms with Crippen LogP contribution in [0.5, 0.6) is 0 Å². The molecular formula is C17H26BrNO3S. The average Bonchev–Trinajstić information content (AvgIpc) is 3.06. The first-order valence-corrected chi connectivity index (χ1v) is 10.6. The summed E-state index contributed by atoms with van der Waals surface area (Å²) in [5, 5.41) is 10.7. The Morgan fingerprint density at radius 3 is 2.35 bits per heavy atom. The van der Waals surface area contributed by atoms with Crippen LogP contribution in [0, 0.1) is 11.8 Å². The van der Waals surface area contributed by atoms with E-state index in [1.165, 1.54) is 0 Å². The first-order chi connectivity index (χ1) is 10.8. The summed E-state index contributed by atoms with van der Waals surface area (Å²) in [6.07, 6.45) is 4.39. The SMILES string of the molecule is CCC(C)C(NS(=O)(=O)c1ccc(Br)cc1)C(O)C1CCCC1. The fraction of sp³-hybridized carbons (Fsp3) is 0.647. The van der Waals surface area contributed by atoms with Crippen LogP contribution in [0.25, 0.3) is 0 Å². The van der Waals surface area contributed by atoms with Crippen LogP contribution in [0.3, 0.4) is 0 Å². The van der Waals surface area contributed by atoms with Crippen molar-refractivity contribution in [3.8, 4) is 0 Å². The fourth-order valence-corrected chi connectivity index (χ4v) is 4.85. The van der Waals surface area contributed by atoms with E-state index < -0.39 is 22.2 Å². The number of benzene rings is 1. The van der Waals surface area contributed by atoms with Crippen LogP contribution in [0.15, 0.2) is 33.6 Å². The lowest BCUT2D eigenvalue weighted by Crippen LogP contribution is -2.49. The molecule has 0 amide bonds. The zero-order valence-electron chi connectivity index (χ0n) is 13.7. The Balaban J connectivity index is 2.20. The number of hydrogen-bond acceptors (Lipinski definition) is 3. The lowest BCUT2D eigenvalue weighted by molar-refractivity contribution is 0.0587. The van der Waals surface area contributed by atoms with E-state index in [0.29, 0.717) is 0 Å². The maximum Gasteiger partial charge on any atom is 0.240 e. The van der Waals surface area contributed by atoms with Crippen LogP contribution in [0.1, 0.15) is 46.0 Å². The predicted molar refractivity (Wildman–Crippen MR) is 95.7 cm³/mol. The molecule has 4 nitrogen and oxygen atoms in total. The molecule has 2 rings (SSSR count). The van der Waals surface area contributed by atoms with E-state index in [1.54, 1.807) is 24.3 Å². The van der Waals surface area contributed by atoms with Gasteiger partial charge >= 0.3 is 0 Å². The highest BCUT2D eigenvalue weighted by atomic mass is 79.9. The van der Waals surface area contributed by atoms with Crippen molar-refractivity contribution in [2.24, 2.45) is 11.8 Å². The molecule has 1 aliphatic rings. The topological polar surface area (TPSA) is 66.4 Å². The molecule has 0 aliphatic heterocycles. The smallest absolute Gasteiger partial charge is 0.240 e. The van der Waals surface area contributed by atoms with Gasteiger partial charge in [0.1, 0.15) is 0 Å². The summed E-state index contributed by atoms with van der Waals surface area (Å²) >= 11 is 3.31. The third kappa shape index (κ3) is 4.78. The van der Waals surface area contributed by atoms with Gasteiger partial charge in [-0.05, 0) is 48.9 Å². The molecule has 1 aliphatic carbocycles. The molecule has 1 saturated carbocycles. The highest BCUT2D eigenvalue weighted by Gasteiger charge is 2.35. The molecule has 0 bridgehead atoms. The van der Waals surface area contributed by atoms with Crippen molar-refractivity contribution in [1.82, 2.24) is 4.72 Å². The Morgan fingerprint density at radius 1 is 1.26 bits per heavy atom. The molecule has 130 valence electrons. The quantitative estimate of drug-likeness (QED) is 0.729. The average molecular weight is 404 g/mol. The minimum absolute atomic E-state index is 0.0795. The zero-order chi connectivity index (χ0) is 17.0. The molecule has 1 aromatic rings. The van der Waals surface area contributed by atoms with Crippen molar-refractivity contribution in [2.45, 2.75) is 63.0 Å². The van der Waals surface area contributed by atoms with Gasteiger partial charge in [0, 0.05) is 4.47 Å². The van der Waals surface area contributed by atoms with E-state index in [9.17, 15) is 13.5 Å². The first-order valence-electron chi connectivity index (χ1n) is 8.31. The molecule has 6 heteroatoms. The summed E-state index contributed by atoms with van der Waals surface area (Å²) in [5.74, 6) is 0.275. The van der Waals surface area contributed by atoms with Gasteiger partial charge in [-0.15, -0.1) is 0 Å². The Hall–Kier alpha value is -0.430. The van der Waals surface area contributed by atoms with Crippen LogP contribution in [-0.2, 0) is 10.0 Å². The van der Waals surface area contributed by atoms with Crippen molar-refractivity contribution in [2.75, 3.05) is 0 Å². The van der Waals surface area contributed by atoms with Gasteiger partial charge in [-0.1, -0.05) is 49.0 Å². The summed E-state index contributed by atoms with van der Waals surface area (Å²) in [6.45, 7) is 4.01. The van der Waals surface area contributed by atoms with Gasteiger partial charge in [0.2, 0.25) is 10.0 Å². The normalized spacial score (nSPS) is 20.3. The third-order valence-electron chi connectivity index (χ3n) is 4.92. The Morgan fingerprint density at radius 2 is 1.83 bits per heavy atom. The number of sulfonamides is 1. The summed E-state index contributed by atoms with van der Waals surface area (Å²) in [6, 6.07) is 6.11. The summed E-state index contributed by atoms with van der Waals surface area (Å²) in [7, 11) is -3.64. The lowest BCUT2D eigenvalue weighted by Gasteiger charge is -2.32. The summed E-state index contributed by atoms with van der Waals surface area (Å²) < 4.78 is 28.9. The molecule has 0 aromatic heterocycles. The Labute approximate surface area is 147 Å². The molecule has 1 fully saturated rings. The minimum Gasteiger partial charge on any atom is -0.391 e. The second-order valence-corrected chi connectivity index (χ2v) is 9.15. The minimum atomic E-state index is -3.64. The van der Waals surface area contributed by atoms with Gasteiger partial charge in [-0.25, -0.2) is 13.1 Å². The van der Waals surface area contributed by atoms with E-state index in [1.807, 2.05) is 13.8 Å². The van der Waals surface area contributed by atoms with E-state index in [0.717, 1.165) is 36.6 Å². The Bertz CT molecular complexity index is 597. The third-order valence-corrected chi connectivity index (χ3v) is 6.93. The van der Waals surface area contributed by atoms with Gasteiger partial charge in [0.05, 0.1) is 17.0 Å². The van der Waals surface area contributed by atoms with Crippen molar-refractivity contribution >= 4 is 26.0 Å². The first kappa shape index (κ1) is 18.9. The van der Waals surface area contributed by atoms with Crippen LogP contribution in [0.2, 0.25) is 0 Å². The van der Waals surface area contributed by atoms with Gasteiger partial charge in [0.15, 0.2) is 0 Å². The number of rotatable bonds is 7. The van der Waals surface area contributed by atoms with E-state index >= 15 is 0 Å². The van der Waals surface area contributed by atoms with E-state index in [4.69, 9.17) is 0 Å². The second kappa shape index (κ2) is 8.10. The number of aliphatic hydroxyl groups is 1. The maximum absolute atomic E-state index is 12.7. The van der Waals surface area contributed by atoms with Gasteiger partial charge in [-0.3, -0.25) is 0 Å². The van der Waals surface area contributed by atoms with Crippen LogP contribution in [-0.4, -0.2) is 25.7 Å². The summed E-state index contributed by atoms with van der Waals surface area (Å²) in [4.78, 5) is 0.229. The fourth-order valence-electron chi connectivity index (χ4n) is 3.23. The van der Waals surface area contributed by atoms with E-state index in [2.05, 4.69) is 20.7 Å². The van der Waals surface area contributed by atoms with Crippen molar-refractivity contribution in [1.29, 1.82) is 0 Å². The Kier molecular flexibility index (Phi) is 6.66. The van der Waals surface area contributed by atoms with Crippen LogP contribution in [0.4, 0.5) is 0 Å². The highest BCUT2D eigenvalue weighted by Crippen LogP contribution is 2.31.